The SMILES string of the molecule is Cc1ccc(S(=O)(=O)c2cnc3ccc(Cl)cc3c2N2CCOCC2)cc1Cl. The molecule has 3 aromatic rings. The molecule has 0 amide bonds. The Morgan fingerprint density at radius 3 is 2.54 bits per heavy atom. The minimum absolute atomic E-state index is 0.140. The molecule has 0 spiro atoms. The van der Waals surface area contributed by atoms with Crippen LogP contribution in [0.25, 0.3) is 10.9 Å². The Balaban J connectivity index is 1.98. The summed E-state index contributed by atoms with van der Waals surface area (Å²) >= 11 is 12.4. The zero-order valence-corrected chi connectivity index (χ0v) is 17.5. The molecular formula is C20H18Cl2N2O3S. The minimum Gasteiger partial charge on any atom is -0.378 e. The van der Waals surface area contributed by atoms with E-state index < -0.39 is 9.84 Å². The summed E-state index contributed by atoms with van der Waals surface area (Å²) in [5.74, 6) is 0. The highest BCUT2D eigenvalue weighted by Crippen LogP contribution is 2.37. The minimum atomic E-state index is -3.84. The zero-order chi connectivity index (χ0) is 19.9. The molecular weight excluding hydrogens is 419 g/mol. The summed E-state index contributed by atoms with van der Waals surface area (Å²) in [6.45, 7) is 4.06. The number of aromatic nitrogens is 1. The monoisotopic (exact) mass is 436 g/mol. The summed E-state index contributed by atoms with van der Waals surface area (Å²) in [5.41, 5.74) is 2.11. The van der Waals surface area contributed by atoms with Crippen LogP contribution in [0.3, 0.4) is 0 Å². The number of pyridine rings is 1. The summed E-state index contributed by atoms with van der Waals surface area (Å²) in [4.78, 5) is 6.68. The van der Waals surface area contributed by atoms with Gasteiger partial charge in [-0.05, 0) is 42.8 Å². The lowest BCUT2D eigenvalue weighted by molar-refractivity contribution is 0.122. The van der Waals surface area contributed by atoms with Crippen LogP contribution in [-0.4, -0.2) is 39.7 Å². The van der Waals surface area contributed by atoms with E-state index >= 15 is 0 Å². The van der Waals surface area contributed by atoms with Gasteiger partial charge in [0.05, 0.1) is 29.3 Å². The van der Waals surface area contributed by atoms with Crippen molar-refractivity contribution in [3.8, 4) is 0 Å². The molecule has 0 atom stereocenters. The van der Waals surface area contributed by atoms with E-state index in [1.54, 1.807) is 30.3 Å². The standard InChI is InChI=1S/C20H18Cl2N2O3S/c1-13-2-4-15(11-17(13)22)28(25,26)19-12-23-18-5-3-14(21)10-16(18)20(19)24-6-8-27-9-7-24/h2-5,10-12H,6-9H2,1H3. The third-order valence-corrected chi connectivity index (χ3v) is 7.23. The molecule has 0 unspecified atom stereocenters. The Hall–Kier alpha value is -1.86. The predicted octanol–water partition coefficient (Wildman–Crippen LogP) is 4.52. The highest BCUT2D eigenvalue weighted by atomic mass is 35.5. The van der Waals surface area contributed by atoms with Crippen LogP contribution in [0, 0.1) is 6.92 Å². The Kier molecular flexibility index (Phi) is 5.22. The Morgan fingerprint density at radius 2 is 1.82 bits per heavy atom. The van der Waals surface area contributed by atoms with Gasteiger partial charge in [0, 0.05) is 34.7 Å². The quantitative estimate of drug-likeness (QED) is 0.603. The first kappa shape index (κ1) is 19.5. The molecule has 0 radical (unpaired) electrons. The number of ether oxygens (including phenoxy) is 1. The molecule has 1 fully saturated rings. The lowest BCUT2D eigenvalue weighted by Crippen LogP contribution is -2.37. The number of anilines is 1. The third kappa shape index (κ3) is 3.46. The Bertz CT molecular complexity index is 1160. The van der Waals surface area contributed by atoms with Gasteiger partial charge in [0.25, 0.3) is 0 Å². The summed E-state index contributed by atoms with van der Waals surface area (Å²) in [5, 5.41) is 1.64. The second kappa shape index (κ2) is 7.52. The van der Waals surface area contributed by atoms with Gasteiger partial charge in [-0.3, -0.25) is 4.98 Å². The van der Waals surface area contributed by atoms with Gasteiger partial charge >= 0.3 is 0 Å². The molecule has 2 aromatic carbocycles. The highest BCUT2D eigenvalue weighted by molar-refractivity contribution is 7.91. The molecule has 1 aromatic heterocycles. The van der Waals surface area contributed by atoms with Gasteiger partial charge in [-0.25, -0.2) is 8.42 Å². The van der Waals surface area contributed by atoms with Gasteiger partial charge < -0.3 is 9.64 Å². The van der Waals surface area contributed by atoms with Crippen LogP contribution in [0.4, 0.5) is 5.69 Å². The third-order valence-electron chi connectivity index (χ3n) is 4.84. The van der Waals surface area contributed by atoms with Crippen molar-refractivity contribution in [1.29, 1.82) is 0 Å². The van der Waals surface area contributed by atoms with E-state index in [2.05, 4.69) is 4.98 Å². The van der Waals surface area contributed by atoms with E-state index in [0.29, 0.717) is 52.9 Å². The number of rotatable bonds is 3. The lowest BCUT2D eigenvalue weighted by atomic mass is 10.1. The molecule has 146 valence electrons. The summed E-state index contributed by atoms with van der Waals surface area (Å²) in [6.07, 6.45) is 1.42. The van der Waals surface area contributed by atoms with Gasteiger partial charge in [0.1, 0.15) is 4.90 Å². The van der Waals surface area contributed by atoms with Crippen LogP contribution >= 0.6 is 23.2 Å². The van der Waals surface area contributed by atoms with Crippen molar-refractivity contribution in [2.45, 2.75) is 16.7 Å². The smallest absolute Gasteiger partial charge is 0.210 e. The number of hydrogen-bond acceptors (Lipinski definition) is 5. The van der Waals surface area contributed by atoms with Gasteiger partial charge in [-0.1, -0.05) is 29.3 Å². The van der Waals surface area contributed by atoms with Crippen molar-refractivity contribution in [3.63, 3.8) is 0 Å². The fourth-order valence-electron chi connectivity index (χ4n) is 3.31. The van der Waals surface area contributed by atoms with Crippen LogP contribution in [0.15, 0.2) is 52.4 Å². The van der Waals surface area contributed by atoms with E-state index in [1.165, 1.54) is 12.3 Å². The second-order valence-corrected chi connectivity index (χ2v) is 9.41. The van der Waals surface area contributed by atoms with Crippen molar-refractivity contribution in [2.75, 3.05) is 31.2 Å². The number of fused-ring (bicyclic) bond motifs is 1. The fourth-order valence-corrected chi connectivity index (χ4v) is 5.19. The van der Waals surface area contributed by atoms with Gasteiger partial charge in [-0.2, -0.15) is 0 Å². The van der Waals surface area contributed by atoms with E-state index in [9.17, 15) is 8.42 Å². The maximum Gasteiger partial charge on any atom is 0.210 e. The molecule has 1 aliphatic rings. The molecule has 8 heteroatoms. The van der Waals surface area contributed by atoms with E-state index in [-0.39, 0.29) is 9.79 Å². The van der Waals surface area contributed by atoms with E-state index in [1.807, 2.05) is 11.8 Å². The van der Waals surface area contributed by atoms with Crippen molar-refractivity contribution >= 4 is 49.6 Å². The molecule has 4 rings (SSSR count). The summed E-state index contributed by atoms with van der Waals surface area (Å²) in [7, 11) is -3.84. The topological polar surface area (TPSA) is 59.5 Å². The maximum absolute atomic E-state index is 13.5. The van der Waals surface area contributed by atoms with Crippen LogP contribution < -0.4 is 4.90 Å². The number of aryl methyl sites for hydroxylation is 1. The molecule has 0 saturated carbocycles. The van der Waals surface area contributed by atoms with Gasteiger partial charge in [0.15, 0.2) is 0 Å². The van der Waals surface area contributed by atoms with Crippen LogP contribution in [0.1, 0.15) is 5.56 Å². The average Bonchev–Trinajstić information content (AvgIpc) is 2.69. The summed E-state index contributed by atoms with van der Waals surface area (Å²) in [6, 6.07) is 10.1. The molecule has 0 N–H and O–H groups in total. The zero-order valence-electron chi connectivity index (χ0n) is 15.2. The van der Waals surface area contributed by atoms with Crippen molar-refractivity contribution in [3.05, 3.63) is 58.2 Å². The van der Waals surface area contributed by atoms with Crippen LogP contribution in [0.5, 0.6) is 0 Å². The van der Waals surface area contributed by atoms with Crippen LogP contribution in [-0.2, 0) is 14.6 Å². The molecule has 28 heavy (non-hydrogen) atoms. The predicted molar refractivity (Wildman–Crippen MR) is 111 cm³/mol. The van der Waals surface area contributed by atoms with Crippen molar-refractivity contribution in [1.82, 2.24) is 4.98 Å². The molecule has 5 nitrogen and oxygen atoms in total. The maximum atomic E-state index is 13.5. The first-order valence-electron chi connectivity index (χ1n) is 8.80. The molecule has 2 heterocycles. The second-order valence-electron chi connectivity index (χ2n) is 6.65. The van der Waals surface area contributed by atoms with Crippen molar-refractivity contribution < 1.29 is 13.2 Å². The average molecular weight is 437 g/mol. The normalized spacial score (nSPS) is 15.2. The first-order chi connectivity index (χ1) is 13.4. The molecule has 1 aliphatic heterocycles. The van der Waals surface area contributed by atoms with Gasteiger partial charge in [0.2, 0.25) is 9.84 Å². The van der Waals surface area contributed by atoms with Crippen molar-refractivity contribution in [2.24, 2.45) is 0 Å². The number of morpholine rings is 1. The Labute approximate surface area is 173 Å². The fraction of sp³-hybridized carbons (Fsp3) is 0.250. The molecule has 0 bridgehead atoms. The Morgan fingerprint density at radius 1 is 1.07 bits per heavy atom. The number of hydrogen-bond donors (Lipinski definition) is 0. The van der Waals surface area contributed by atoms with Crippen LogP contribution in [0.2, 0.25) is 10.0 Å². The summed E-state index contributed by atoms with van der Waals surface area (Å²) < 4.78 is 32.4. The molecule has 0 aliphatic carbocycles. The highest BCUT2D eigenvalue weighted by Gasteiger charge is 2.28. The first-order valence-corrected chi connectivity index (χ1v) is 11.0. The number of benzene rings is 2. The van der Waals surface area contributed by atoms with Gasteiger partial charge in [-0.15, -0.1) is 0 Å². The number of halogens is 2. The molecule has 1 saturated heterocycles. The lowest BCUT2D eigenvalue weighted by Gasteiger charge is -2.31. The largest absolute Gasteiger partial charge is 0.378 e. The van der Waals surface area contributed by atoms with E-state index in [4.69, 9.17) is 27.9 Å². The number of sulfone groups is 1. The number of nitrogens with zero attached hydrogens (tertiary/aromatic N) is 2. The van der Waals surface area contributed by atoms with E-state index in [0.717, 1.165) is 5.56 Å².